The van der Waals surface area contributed by atoms with E-state index >= 15 is 0 Å². The van der Waals surface area contributed by atoms with E-state index in [9.17, 15) is 4.79 Å². The number of nitrogens with one attached hydrogen (secondary N) is 2. The minimum absolute atomic E-state index is 0.207. The molecular formula is C18H13Cl2N3O. The zero-order valence-corrected chi connectivity index (χ0v) is 14.0. The van der Waals surface area contributed by atoms with Crippen molar-refractivity contribution in [2.75, 3.05) is 10.6 Å². The standard InChI is InChI=1S/C18H13Cl2N3O/c19-15-4-1-5-16(17(15)20)22-13-6-8-14(9-7-13)23-18(24)12-3-2-10-21-11-12/h1-11,22H,(H,23,24). The molecule has 0 aliphatic rings. The number of anilines is 3. The van der Waals surface area contributed by atoms with Crippen molar-refractivity contribution in [1.82, 2.24) is 4.98 Å². The number of carbonyl (C=O) groups is 1. The number of nitrogens with zero attached hydrogens (tertiary/aromatic N) is 1. The summed E-state index contributed by atoms with van der Waals surface area (Å²) in [6, 6.07) is 16.1. The maximum Gasteiger partial charge on any atom is 0.257 e. The summed E-state index contributed by atoms with van der Waals surface area (Å²) < 4.78 is 0. The second-order valence-corrected chi connectivity index (χ2v) is 5.78. The van der Waals surface area contributed by atoms with Crippen LogP contribution in [0.15, 0.2) is 67.0 Å². The van der Waals surface area contributed by atoms with Gasteiger partial charge >= 0.3 is 0 Å². The van der Waals surface area contributed by atoms with E-state index in [1.165, 1.54) is 6.20 Å². The fraction of sp³-hybridized carbons (Fsp3) is 0. The molecule has 1 amide bonds. The van der Waals surface area contributed by atoms with Gasteiger partial charge in [-0.25, -0.2) is 0 Å². The molecule has 0 saturated carbocycles. The summed E-state index contributed by atoms with van der Waals surface area (Å²) in [5.74, 6) is -0.207. The Bertz CT molecular complexity index is 852. The largest absolute Gasteiger partial charge is 0.354 e. The van der Waals surface area contributed by atoms with Gasteiger partial charge in [-0.3, -0.25) is 9.78 Å². The molecule has 3 rings (SSSR count). The average molecular weight is 358 g/mol. The highest BCUT2D eigenvalue weighted by Crippen LogP contribution is 2.31. The maximum atomic E-state index is 12.1. The third-order valence-corrected chi connectivity index (χ3v) is 4.12. The summed E-state index contributed by atoms with van der Waals surface area (Å²) in [5, 5.41) is 6.96. The molecule has 0 aliphatic heterocycles. The number of aromatic nitrogens is 1. The molecule has 0 spiro atoms. The van der Waals surface area contributed by atoms with E-state index < -0.39 is 0 Å². The third-order valence-electron chi connectivity index (χ3n) is 3.30. The van der Waals surface area contributed by atoms with Crippen LogP contribution in [-0.2, 0) is 0 Å². The molecule has 0 bridgehead atoms. The summed E-state index contributed by atoms with van der Waals surface area (Å²) in [7, 11) is 0. The first-order chi connectivity index (χ1) is 11.6. The predicted octanol–water partition coefficient (Wildman–Crippen LogP) is 5.38. The highest BCUT2D eigenvalue weighted by Gasteiger charge is 2.07. The molecule has 24 heavy (non-hydrogen) atoms. The summed E-state index contributed by atoms with van der Waals surface area (Å²) in [6.45, 7) is 0. The molecule has 120 valence electrons. The Labute approximate surface area is 149 Å². The topological polar surface area (TPSA) is 54.0 Å². The van der Waals surface area contributed by atoms with Crippen LogP contribution in [0.3, 0.4) is 0 Å². The van der Waals surface area contributed by atoms with Crippen LogP contribution in [0, 0.1) is 0 Å². The molecule has 2 N–H and O–H groups in total. The van der Waals surface area contributed by atoms with E-state index in [2.05, 4.69) is 15.6 Å². The highest BCUT2D eigenvalue weighted by molar-refractivity contribution is 6.43. The number of rotatable bonds is 4. The molecule has 4 nitrogen and oxygen atoms in total. The van der Waals surface area contributed by atoms with Crippen molar-refractivity contribution < 1.29 is 4.79 Å². The number of pyridine rings is 1. The van der Waals surface area contributed by atoms with Crippen LogP contribution in [0.5, 0.6) is 0 Å². The Kier molecular flexibility index (Phi) is 4.99. The monoisotopic (exact) mass is 357 g/mol. The average Bonchev–Trinajstić information content (AvgIpc) is 2.61. The van der Waals surface area contributed by atoms with Crippen LogP contribution in [0.2, 0.25) is 10.0 Å². The van der Waals surface area contributed by atoms with Crippen LogP contribution in [0.25, 0.3) is 0 Å². The molecule has 6 heteroatoms. The number of halogens is 2. The predicted molar refractivity (Wildman–Crippen MR) is 98.4 cm³/mol. The highest BCUT2D eigenvalue weighted by atomic mass is 35.5. The summed E-state index contributed by atoms with van der Waals surface area (Å²) in [4.78, 5) is 16.0. The van der Waals surface area contributed by atoms with Crippen molar-refractivity contribution in [1.29, 1.82) is 0 Å². The second-order valence-electron chi connectivity index (χ2n) is 5.00. The number of hydrogen-bond donors (Lipinski definition) is 2. The van der Waals surface area contributed by atoms with E-state index in [0.29, 0.717) is 21.3 Å². The molecule has 0 atom stereocenters. The zero-order valence-electron chi connectivity index (χ0n) is 12.5. The van der Waals surface area contributed by atoms with Crippen LogP contribution in [0.1, 0.15) is 10.4 Å². The second kappa shape index (κ2) is 7.34. The third kappa shape index (κ3) is 3.85. The molecule has 3 aromatic rings. The van der Waals surface area contributed by atoms with Gasteiger partial charge in [0.25, 0.3) is 5.91 Å². The number of amides is 1. The lowest BCUT2D eigenvalue weighted by atomic mass is 10.2. The van der Waals surface area contributed by atoms with Gasteiger partial charge in [-0.05, 0) is 48.5 Å². The van der Waals surface area contributed by atoms with Crippen molar-refractivity contribution in [3.63, 3.8) is 0 Å². The van der Waals surface area contributed by atoms with Crippen molar-refractivity contribution in [3.05, 3.63) is 82.6 Å². The molecule has 0 fully saturated rings. The van der Waals surface area contributed by atoms with Crippen LogP contribution in [0.4, 0.5) is 17.1 Å². The summed E-state index contributed by atoms with van der Waals surface area (Å²) in [5.41, 5.74) is 2.74. The van der Waals surface area contributed by atoms with Gasteiger partial charge in [-0.2, -0.15) is 0 Å². The normalized spacial score (nSPS) is 10.2. The van der Waals surface area contributed by atoms with Gasteiger partial charge in [0.15, 0.2) is 0 Å². The molecule has 2 aromatic carbocycles. The molecule has 0 radical (unpaired) electrons. The Morgan fingerprint density at radius 1 is 0.917 bits per heavy atom. The molecule has 1 aromatic heterocycles. The number of hydrogen-bond acceptors (Lipinski definition) is 3. The zero-order chi connectivity index (χ0) is 16.9. The van der Waals surface area contributed by atoms with E-state index in [1.54, 1.807) is 36.5 Å². The first-order valence-corrected chi connectivity index (χ1v) is 7.91. The minimum Gasteiger partial charge on any atom is -0.354 e. The quantitative estimate of drug-likeness (QED) is 0.658. The van der Waals surface area contributed by atoms with Crippen LogP contribution in [-0.4, -0.2) is 10.9 Å². The fourth-order valence-corrected chi connectivity index (χ4v) is 2.44. The van der Waals surface area contributed by atoms with Gasteiger partial charge in [0, 0.05) is 23.8 Å². The smallest absolute Gasteiger partial charge is 0.257 e. The Morgan fingerprint density at radius 3 is 2.38 bits per heavy atom. The van der Waals surface area contributed by atoms with Gasteiger partial charge in [0.05, 0.1) is 21.3 Å². The van der Waals surface area contributed by atoms with E-state index in [0.717, 1.165) is 11.4 Å². The van der Waals surface area contributed by atoms with Crippen molar-refractivity contribution in [3.8, 4) is 0 Å². The van der Waals surface area contributed by atoms with Crippen molar-refractivity contribution >= 4 is 46.2 Å². The van der Waals surface area contributed by atoms with E-state index in [4.69, 9.17) is 23.2 Å². The van der Waals surface area contributed by atoms with Gasteiger partial charge in [-0.15, -0.1) is 0 Å². The lowest BCUT2D eigenvalue weighted by Crippen LogP contribution is -2.11. The molecule has 0 saturated heterocycles. The maximum absolute atomic E-state index is 12.1. The van der Waals surface area contributed by atoms with Crippen LogP contribution < -0.4 is 10.6 Å². The number of benzene rings is 2. The lowest BCUT2D eigenvalue weighted by molar-refractivity contribution is 0.102. The van der Waals surface area contributed by atoms with Gasteiger partial charge in [0.2, 0.25) is 0 Å². The molecule has 0 aliphatic carbocycles. The fourth-order valence-electron chi connectivity index (χ4n) is 2.09. The van der Waals surface area contributed by atoms with Crippen molar-refractivity contribution in [2.24, 2.45) is 0 Å². The van der Waals surface area contributed by atoms with Gasteiger partial charge in [0.1, 0.15) is 0 Å². The SMILES string of the molecule is O=C(Nc1ccc(Nc2cccc(Cl)c2Cl)cc1)c1cccnc1. The Balaban J connectivity index is 1.69. The minimum atomic E-state index is -0.207. The van der Waals surface area contributed by atoms with Gasteiger partial charge in [-0.1, -0.05) is 29.3 Å². The molecule has 0 unspecified atom stereocenters. The molecule has 1 heterocycles. The Hall–Kier alpha value is -2.56. The summed E-state index contributed by atoms with van der Waals surface area (Å²) in [6.07, 6.45) is 3.14. The lowest BCUT2D eigenvalue weighted by Gasteiger charge is -2.10. The van der Waals surface area contributed by atoms with Gasteiger partial charge < -0.3 is 10.6 Å². The van der Waals surface area contributed by atoms with Crippen LogP contribution >= 0.6 is 23.2 Å². The Morgan fingerprint density at radius 2 is 1.67 bits per heavy atom. The van der Waals surface area contributed by atoms with E-state index in [1.807, 2.05) is 24.3 Å². The first-order valence-electron chi connectivity index (χ1n) is 7.16. The van der Waals surface area contributed by atoms with E-state index in [-0.39, 0.29) is 5.91 Å². The first kappa shape index (κ1) is 16.3. The summed E-state index contributed by atoms with van der Waals surface area (Å²) >= 11 is 12.1. The molecular weight excluding hydrogens is 345 g/mol. The van der Waals surface area contributed by atoms with Crippen molar-refractivity contribution in [2.45, 2.75) is 0 Å². The number of carbonyl (C=O) groups excluding carboxylic acids is 1.